The van der Waals surface area contributed by atoms with E-state index < -0.39 is 48.1 Å². The number of fused-ring (bicyclic) bond motifs is 3. The molecule has 0 aliphatic rings. The average Bonchev–Trinajstić information content (AvgIpc) is 3.15. The van der Waals surface area contributed by atoms with Crippen molar-refractivity contribution in [2.45, 2.75) is 14.7 Å². The molecule has 0 aliphatic heterocycles. The van der Waals surface area contributed by atoms with Crippen LogP contribution in [0.15, 0.2) is 142 Å². The smallest absolute Gasteiger partial charge is 0.295 e. The number of benzene rings is 7. The second-order valence-electron chi connectivity index (χ2n) is 12.7. The van der Waals surface area contributed by atoms with Gasteiger partial charge in [-0.3, -0.25) is 28.0 Å². The number of carbonyl (C=O) groups excluding carboxylic acids is 3. The van der Waals surface area contributed by atoms with E-state index in [1.807, 2.05) is 0 Å². The van der Waals surface area contributed by atoms with Gasteiger partial charge in [0.1, 0.15) is 14.7 Å². The van der Waals surface area contributed by atoms with Gasteiger partial charge in [0.15, 0.2) is 0 Å². The molecule has 0 fully saturated rings. The summed E-state index contributed by atoms with van der Waals surface area (Å²) in [5, 5.41) is 9.68. The van der Waals surface area contributed by atoms with Gasteiger partial charge in [-0.25, -0.2) is 0 Å². The highest BCUT2D eigenvalue weighted by Crippen LogP contribution is 2.29. The van der Waals surface area contributed by atoms with Crippen LogP contribution in [0.25, 0.3) is 32.3 Å². The maximum atomic E-state index is 13.7. The number of anilines is 3. The summed E-state index contributed by atoms with van der Waals surface area (Å²) in [5.41, 5.74) is 0.191. The van der Waals surface area contributed by atoms with Crippen LogP contribution in [0.5, 0.6) is 0 Å². The molecule has 0 bridgehead atoms. The molecule has 7 aromatic rings. The number of hydrogen-bond donors (Lipinski definition) is 6. The van der Waals surface area contributed by atoms with Crippen LogP contribution in [0.3, 0.4) is 0 Å². The Morgan fingerprint density at radius 1 is 0.368 bits per heavy atom. The quantitative estimate of drug-likeness (QED) is 0.0838. The SMILES string of the molecule is O=C(Nc1ccc2c(S(=O)(=O)O)cccc2c1)c1cc(C(=O)Nc2ccc3c(S(=O)(=O)O)cccc3c2)cc(C(=O)Nc2ccc3c(S(=O)(=O)O)cccc3c2)c1. The fourth-order valence-corrected chi connectivity index (χ4v) is 8.44. The lowest BCUT2D eigenvalue weighted by atomic mass is 10.0. The lowest BCUT2D eigenvalue weighted by molar-refractivity contribution is 0.102. The van der Waals surface area contributed by atoms with Crippen LogP contribution >= 0.6 is 0 Å². The largest absolute Gasteiger partial charge is 0.322 e. The molecule has 288 valence electrons. The van der Waals surface area contributed by atoms with Crippen LogP contribution in [0, 0.1) is 0 Å². The summed E-state index contributed by atoms with van der Waals surface area (Å²) in [6.45, 7) is 0. The van der Waals surface area contributed by atoms with E-state index in [0.29, 0.717) is 16.2 Å². The van der Waals surface area contributed by atoms with Crippen molar-refractivity contribution in [3.8, 4) is 0 Å². The highest BCUT2D eigenvalue weighted by atomic mass is 32.2. The fourth-order valence-electron chi connectivity index (χ4n) is 6.30. The number of carbonyl (C=O) groups is 3. The second kappa shape index (κ2) is 14.5. The Balaban J connectivity index is 1.23. The van der Waals surface area contributed by atoms with E-state index in [-0.39, 0.29) is 64.6 Å². The summed E-state index contributed by atoms with van der Waals surface area (Å²) in [6.07, 6.45) is 0. The first-order chi connectivity index (χ1) is 26.8. The van der Waals surface area contributed by atoms with Crippen LogP contribution in [-0.4, -0.2) is 56.6 Å². The first-order valence-corrected chi connectivity index (χ1v) is 20.8. The van der Waals surface area contributed by atoms with Crippen LogP contribution in [-0.2, 0) is 30.4 Å². The molecule has 15 nitrogen and oxygen atoms in total. The van der Waals surface area contributed by atoms with Crippen LogP contribution < -0.4 is 16.0 Å². The lowest BCUT2D eigenvalue weighted by Crippen LogP contribution is -2.19. The van der Waals surface area contributed by atoms with Crippen molar-refractivity contribution >= 4 is 97.5 Å². The number of hydrogen-bond acceptors (Lipinski definition) is 9. The molecule has 0 unspecified atom stereocenters. The Bertz CT molecular complexity index is 2850. The molecule has 7 rings (SSSR count). The van der Waals surface area contributed by atoms with Crippen molar-refractivity contribution in [2.24, 2.45) is 0 Å². The Hall–Kier alpha value is -6.54. The van der Waals surface area contributed by atoms with Gasteiger partial charge in [-0.2, -0.15) is 25.3 Å². The molecule has 7 aromatic carbocycles. The molecule has 0 radical (unpaired) electrons. The zero-order valence-electron chi connectivity index (χ0n) is 28.9. The Labute approximate surface area is 324 Å². The van der Waals surface area contributed by atoms with E-state index in [4.69, 9.17) is 0 Å². The summed E-state index contributed by atoms with van der Waals surface area (Å²) >= 11 is 0. The second-order valence-corrected chi connectivity index (χ2v) is 16.8. The van der Waals surface area contributed by atoms with Crippen LogP contribution in [0.1, 0.15) is 31.1 Å². The molecule has 0 heterocycles. The standard InChI is InChI=1S/C39H27N3O12S3/c43-37(40-28-10-13-31-22(19-28)4-1-7-34(31)55(46,47)48)25-16-26(38(44)41-29-11-14-32-23(20-29)5-2-8-35(32)56(49,50)51)18-27(17-25)39(45)42-30-12-15-33-24(21-30)6-3-9-36(33)57(52,53)54/h1-21H,(H,40,43)(H,41,44)(H,42,45)(H,46,47,48)(H,49,50,51)(H,52,53,54). The van der Waals surface area contributed by atoms with E-state index in [1.54, 1.807) is 18.2 Å². The minimum absolute atomic E-state index is 0.146. The van der Waals surface area contributed by atoms with Gasteiger partial charge in [0.2, 0.25) is 0 Å². The predicted octanol–water partition coefficient (Wildman–Crippen LogP) is 6.64. The van der Waals surface area contributed by atoms with Crippen molar-refractivity contribution < 1.29 is 53.3 Å². The molecule has 0 saturated carbocycles. The van der Waals surface area contributed by atoms with Crippen molar-refractivity contribution in [1.82, 2.24) is 0 Å². The summed E-state index contributed by atoms with van der Waals surface area (Å²) in [5.74, 6) is -2.30. The Kier molecular flexibility index (Phi) is 9.86. The van der Waals surface area contributed by atoms with Crippen LogP contribution in [0.2, 0.25) is 0 Å². The molecule has 0 aromatic heterocycles. The van der Waals surface area contributed by atoms with Gasteiger partial charge in [-0.15, -0.1) is 0 Å². The first-order valence-electron chi connectivity index (χ1n) is 16.5. The topological polar surface area (TPSA) is 250 Å². The lowest BCUT2D eigenvalue weighted by Gasteiger charge is -2.13. The predicted molar refractivity (Wildman–Crippen MR) is 212 cm³/mol. The van der Waals surface area contributed by atoms with E-state index in [1.165, 1.54) is 109 Å². The molecule has 0 atom stereocenters. The van der Waals surface area contributed by atoms with Gasteiger partial charge >= 0.3 is 0 Å². The Morgan fingerprint density at radius 3 is 0.877 bits per heavy atom. The summed E-state index contributed by atoms with van der Waals surface area (Å²) < 4.78 is 100. The molecule has 57 heavy (non-hydrogen) atoms. The van der Waals surface area contributed by atoms with Crippen LogP contribution in [0.4, 0.5) is 17.1 Å². The minimum atomic E-state index is -4.55. The number of rotatable bonds is 9. The molecule has 0 aliphatic carbocycles. The minimum Gasteiger partial charge on any atom is -0.322 e. The average molecular weight is 826 g/mol. The maximum Gasteiger partial charge on any atom is 0.295 e. The number of nitrogens with one attached hydrogen (secondary N) is 3. The molecule has 18 heteroatoms. The van der Waals surface area contributed by atoms with E-state index in [9.17, 15) is 53.3 Å². The van der Waals surface area contributed by atoms with Gasteiger partial charge in [0.25, 0.3) is 48.1 Å². The van der Waals surface area contributed by atoms with Crippen molar-refractivity contribution in [3.05, 3.63) is 144 Å². The highest BCUT2D eigenvalue weighted by Gasteiger charge is 2.20. The van der Waals surface area contributed by atoms with Gasteiger partial charge in [-0.1, -0.05) is 54.6 Å². The fraction of sp³-hybridized carbons (Fsp3) is 0. The summed E-state index contributed by atoms with van der Waals surface area (Å²) in [6, 6.07) is 29.1. The molecule has 0 spiro atoms. The molecular weight excluding hydrogens is 799 g/mol. The third-order valence-corrected chi connectivity index (χ3v) is 11.6. The number of amides is 3. The third kappa shape index (κ3) is 8.21. The summed E-state index contributed by atoms with van der Waals surface area (Å²) in [4.78, 5) is 40.1. The summed E-state index contributed by atoms with van der Waals surface area (Å²) in [7, 11) is -13.6. The highest BCUT2D eigenvalue weighted by molar-refractivity contribution is 7.86. The third-order valence-electron chi connectivity index (χ3n) is 8.85. The molecular formula is C39H27N3O12S3. The van der Waals surface area contributed by atoms with Gasteiger partial charge in [-0.05, 0) is 89.0 Å². The molecule has 3 amide bonds. The van der Waals surface area contributed by atoms with Crippen molar-refractivity contribution in [1.29, 1.82) is 0 Å². The zero-order valence-corrected chi connectivity index (χ0v) is 31.3. The normalized spacial score (nSPS) is 12.1. The van der Waals surface area contributed by atoms with Gasteiger partial charge < -0.3 is 16.0 Å². The van der Waals surface area contributed by atoms with Crippen molar-refractivity contribution in [2.75, 3.05) is 16.0 Å². The molecule has 0 saturated heterocycles. The van der Waals surface area contributed by atoms with E-state index in [2.05, 4.69) is 16.0 Å². The molecule has 6 N–H and O–H groups in total. The first kappa shape index (κ1) is 38.7. The Morgan fingerprint density at radius 2 is 0.632 bits per heavy atom. The van der Waals surface area contributed by atoms with Crippen molar-refractivity contribution in [3.63, 3.8) is 0 Å². The van der Waals surface area contributed by atoms with E-state index in [0.717, 1.165) is 0 Å². The zero-order chi connectivity index (χ0) is 40.9. The van der Waals surface area contributed by atoms with Gasteiger partial charge in [0.05, 0.1) is 0 Å². The maximum absolute atomic E-state index is 13.7. The van der Waals surface area contributed by atoms with E-state index >= 15 is 0 Å². The monoisotopic (exact) mass is 825 g/mol. The van der Waals surface area contributed by atoms with Gasteiger partial charge in [0, 0.05) is 49.9 Å².